The zero-order chi connectivity index (χ0) is 12.8. The summed E-state index contributed by atoms with van der Waals surface area (Å²) in [6.07, 6.45) is 3.77. The van der Waals surface area contributed by atoms with Crippen LogP contribution in [0.4, 0.5) is 0 Å². The third-order valence-electron chi connectivity index (χ3n) is 3.92. The Kier molecular flexibility index (Phi) is 5.41. The first-order valence-electron chi connectivity index (χ1n) is 7.01. The predicted molar refractivity (Wildman–Crippen MR) is 68.3 cm³/mol. The Bertz CT molecular complexity index is 267. The molecule has 0 bridgehead atoms. The SMILES string of the molecule is O=C1CCCN1CCN(CCO)C1CCOCC1. The molecule has 18 heavy (non-hydrogen) atoms. The fourth-order valence-corrected chi connectivity index (χ4v) is 2.85. The second kappa shape index (κ2) is 7.07. The summed E-state index contributed by atoms with van der Waals surface area (Å²) >= 11 is 0. The maximum Gasteiger partial charge on any atom is 0.222 e. The lowest BCUT2D eigenvalue weighted by molar-refractivity contribution is -0.128. The highest BCUT2D eigenvalue weighted by atomic mass is 16.5. The predicted octanol–water partition coefficient (Wildman–Crippen LogP) is 0.0821. The summed E-state index contributed by atoms with van der Waals surface area (Å²) in [5.74, 6) is 0.283. The number of nitrogens with zero attached hydrogens (tertiary/aromatic N) is 2. The van der Waals surface area contributed by atoms with Gasteiger partial charge in [-0.3, -0.25) is 9.69 Å². The zero-order valence-corrected chi connectivity index (χ0v) is 11.0. The summed E-state index contributed by atoms with van der Waals surface area (Å²) < 4.78 is 5.37. The van der Waals surface area contributed by atoms with Crippen molar-refractivity contribution in [1.29, 1.82) is 0 Å². The van der Waals surface area contributed by atoms with Crippen molar-refractivity contribution >= 4 is 5.91 Å². The first-order chi connectivity index (χ1) is 8.81. The molecule has 5 nitrogen and oxygen atoms in total. The molecule has 0 unspecified atom stereocenters. The third kappa shape index (κ3) is 3.67. The third-order valence-corrected chi connectivity index (χ3v) is 3.92. The lowest BCUT2D eigenvalue weighted by Gasteiger charge is -2.34. The summed E-state index contributed by atoms with van der Waals surface area (Å²) in [7, 11) is 0. The lowest BCUT2D eigenvalue weighted by atomic mass is 10.1. The second-order valence-electron chi connectivity index (χ2n) is 5.09. The molecule has 0 spiro atoms. The number of aliphatic hydroxyl groups is 1. The fraction of sp³-hybridized carbons (Fsp3) is 0.923. The molecule has 0 saturated carbocycles. The van der Waals surface area contributed by atoms with Crippen molar-refractivity contribution in [2.45, 2.75) is 31.7 Å². The van der Waals surface area contributed by atoms with Gasteiger partial charge in [0.15, 0.2) is 0 Å². The average molecular weight is 256 g/mol. The molecule has 2 aliphatic heterocycles. The van der Waals surface area contributed by atoms with Crippen molar-refractivity contribution in [3.63, 3.8) is 0 Å². The smallest absolute Gasteiger partial charge is 0.222 e. The molecule has 2 rings (SSSR count). The van der Waals surface area contributed by atoms with Gasteiger partial charge >= 0.3 is 0 Å². The van der Waals surface area contributed by atoms with E-state index in [1.807, 2.05) is 4.90 Å². The van der Waals surface area contributed by atoms with Gasteiger partial charge in [0.1, 0.15) is 0 Å². The van der Waals surface area contributed by atoms with E-state index in [9.17, 15) is 4.79 Å². The highest BCUT2D eigenvalue weighted by Crippen LogP contribution is 2.15. The van der Waals surface area contributed by atoms with Crippen molar-refractivity contribution in [2.24, 2.45) is 0 Å². The molecular formula is C13H24N2O3. The Morgan fingerprint density at radius 2 is 2.11 bits per heavy atom. The van der Waals surface area contributed by atoms with E-state index in [1.54, 1.807) is 0 Å². The number of hydrogen-bond donors (Lipinski definition) is 1. The monoisotopic (exact) mass is 256 g/mol. The summed E-state index contributed by atoms with van der Waals surface area (Å²) in [5.41, 5.74) is 0. The largest absolute Gasteiger partial charge is 0.395 e. The second-order valence-corrected chi connectivity index (χ2v) is 5.09. The molecule has 0 aromatic heterocycles. The number of ether oxygens (including phenoxy) is 1. The van der Waals surface area contributed by atoms with E-state index in [4.69, 9.17) is 9.84 Å². The van der Waals surface area contributed by atoms with Gasteiger partial charge in [0.2, 0.25) is 5.91 Å². The summed E-state index contributed by atoms with van der Waals surface area (Å²) in [6, 6.07) is 0.503. The van der Waals surface area contributed by atoms with Crippen molar-refractivity contribution in [2.75, 3.05) is 46.0 Å². The quantitative estimate of drug-likeness (QED) is 0.731. The van der Waals surface area contributed by atoms with Crippen LogP contribution in [0.5, 0.6) is 0 Å². The van der Waals surface area contributed by atoms with E-state index < -0.39 is 0 Å². The zero-order valence-electron chi connectivity index (χ0n) is 11.0. The minimum absolute atomic E-state index is 0.186. The number of carbonyl (C=O) groups is 1. The number of rotatable bonds is 6. The Balaban J connectivity index is 1.79. The highest BCUT2D eigenvalue weighted by Gasteiger charge is 2.24. The van der Waals surface area contributed by atoms with E-state index in [-0.39, 0.29) is 12.5 Å². The van der Waals surface area contributed by atoms with Crippen LogP contribution in [-0.4, -0.2) is 72.9 Å². The van der Waals surface area contributed by atoms with Gasteiger partial charge in [-0.1, -0.05) is 0 Å². The molecule has 2 aliphatic rings. The van der Waals surface area contributed by atoms with Crippen molar-refractivity contribution in [1.82, 2.24) is 9.80 Å². The summed E-state index contributed by atoms with van der Waals surface area (Å²) in [4.78, 5) is 15.8. The van der Waals surface area contributed by atoms with Gasteiger partial charge in [0.05, 0.1) is 6.61 Å². The van der Waals surface area contributed by atoms with Crippen molar-refractivity contribution in [3.8, 4) is 0 Å². The average Bonchev–Trinajstić information content (AvgIpc) is 2.81. The van der Waals surface area contributed by atoms with Crippen LogP contribution in [0.15, 0.2) is 0 Å². The van der Waals surface area contributed by atoms with E-state index >= 15 is 0 Å². The number of amides is 1. The Labute approximate surface area is 109 Å². The van der Waals surface area contributed by atoms with E-state index in [0.29, 0.717) is 19.0 Å². The first kappa shape index (κ1) is 13.8. The molecule has 2 saturated heterocycles. The topological polar surface area (TPSA) is 53.0 Å². The molecule has 5 heteroatoms. The van der Waals surface area contributed by atoms with Gasteiger partial charge in [-0.05, 0) is 19.3 Å². The summed E-state index contributed by atoms with van der Waals surface area (Å²) in [5, 5.41) is 9.16. The minimum atomic E-state index is 0.186. The molecule has 0 atom stereocenters. The van der Waals surface area contributed by atoms with Gasteiger partial charge in [-0.2, -0.15) is 0 Å². The Hall–Kier alpha value is -0.650. The van der Waals surface area contributed by atoms with Crippen LogP contribution >= 0.6 is 0 Å². The molecule has 1 amide bonds. The number of aliphatic hydroxyl groups excluding tert-OH is 1. The van der Waals surface area contributed by atoms with E-state index in [0.717, 1.165) is 52.1 Å². The maximum atomic E-state index is 11.6. The first-order valence-corrected chi connectivity index (χ1v) is 7.01. The number of carbonyl (C=O) groups excluding carboxylic acids is 1. The number of hydrogen-bond acceptors (Lipinski definition) is 4. The normalized spacial score (nSPS) is 22.1. The molecule has 0 aromatic rings. The summed E-state index contributed by atoms with van der Waals surface area (Å²) in [6.45, 7) is 5.09. The molecule has 104 valence electrons. The van der Waals surface area contributed by atoms with Crippen LogP contribution in [0.25, 0.3) is 0 Å². The molecule has 2 fully saturated rings. The van der Waals surface area contributed by atoms with E-state index in [1.165, 1.54) is 0 Å². The van der Waals surface area contributed by atoms with Gasteiger partial charge in [-0.25, -0.2) is 0 Å². The minimum Gasteiger partial charge on any atom is -0.395 e. The fourth-order valence-electron chi connectivity index (χ4n) is 2.85. The van der Waals surface area contributed by atoms with Crippen LogP contribution in [0.3, 0.4) is 0 Å². The van der Waals surface area contributed by atoms with Crippen LogP contribution < -0.4 is 0 Å². The Morgan fingerprint density at radius 3 is 2.72 bits per heavy atom. The Morgan fingerprint density at radius 1 is 1.33 bits per heavy atom. The van der Waals surface area contributed by atoms with Crippen molar-refractivity contribution < 1.29 is 14.6 Å². The lowest BCUT2D eigenvalue weighted by Crippen LogP contribution is -2.45. The van der Waals surface area contributed by atoms with Gasteiger partial charge in [-0.15, -0.1) is 0 Å². The molecule has 0 radical (unpaired) electrons. The van der Waals surface area contributed by atoms with Gasteiger partial charge in [0, 0.05) is 51.9 Å². The molecule has 0 aliphatic carbocycles. The molecule has 1 N–H and O–H groups in total. The maximum absolute atomic E-state index is 11.6. The standard InChI is InChI=1S/C13H24N2O3/c16-9-8-14(12-3-10-18-11-4-12)6-7-15-5-1-2-13(15)17/h12,16H,1-11H2. The van der Waals surface area contributed by atoms with Crippen LogP contribution in [0.2, 0.25) is 0 Å². The molecule has 0 aromatic carbocycles. The van der Waals surface area contributed by atoms with Gasteiger partial charge in [0.25, 0.3) is 0 Å². The number of likely N-dealkylation sites (tertiary alicyclic amines) is 1. The highest BCUT2D eigenvalue weighted by molar-refractivity contribution is 5.78. The van der Waals surface area contributed by atoms with Crippen LogP contribution in [-0.2, 0) is 9.53 Å². The van der Waals surface area contributed by atoms with Gasteiger partial charge < -0.3 is 14.7 Å². The van der Waals surface area contributed by atoms with E-state index in [2.05, 4.69) is 4.90 Å². The molecular weight excluding hydrogens is 232 g/mol. The molecule has 2 heterocycles. The van der Waals surface area contributed by atoms with Crippen LogP contribution in [0.1, 0.15) is 25.7 Å². The van der Waals surface area contributed by atoms with Crippen molar-refractivity contribution in [3.05, 3.63) is 0 Å². The van der Waals surface area contributed by atoms with Crippen LogP contribution in [0, 0.1) is 0 Å².